The minimum atomic E-state index is 0.245. The third-order valence-corrected chi connectivity index (χ3v) is 2.84. The lowest BCUT2D eigenvalue weighted by atomic mass is 9.88. The topological polar surface area (TPSA) is 39.1 Å². The Balaban J connectivity index is 2.52. The highest BCUT2D eigenvalue weighted by Gasteiger charge is 2.19. The summed E-state index contributed by atoms with van der Waals surface area (Å²) in [5.41, 5.74) is 1.31. The lowest BCUT2D eigenvalue weighted by Gasteiger charge is -2.28. The van der Waals surface area contributed by atoms with Gasteiger partial charge in [-0.25, -0.2) is 0 Å². The fourth-order valence-electron chi connectivity index (χ4n) is 1.21. The highest BCUT2D eigenvalue weighted by atomic mass is 16.5. The Hall–Kier alpha value is -1.03. The van der Waals surface area contributed by atoms with Crippen molar-refractivity contribution in [3.63, 3.8) is 0 Å². The minimum Gasteiger partial charge on any atom is -0.383 e. The molecule has 0 aliphatic carbocycles. The first kappa shape index (κ1) is 13.0. The van der Waals surface area contributed by atoms with E-state index in [-0.39, 0.29) is 5.41 Å². The summed E-state index contributed by atoms with van der Waals surface area (Å²) in [6.07, 6.45) is 3.87. The van der Waals surface area contributed by atoms with Crippen LogP contribution in [0.1, 0.15) is 27.7 Å². The van der Waals surface area contributed by atoms with Gasteiger partial charge < -0.3 is 10.1 Å². The van der Waals surface area contributed by atoms with Crippen LogP contribution in [0.2, 0.25) is 0 Å². The number of rotatable bonds is 5. The second kappa shape index (κ2) is 5.34. The van der Waals surface area contributed by atoms with Crippen molar-refractivity contribution in [1.29, 1.82) is 0 Å². The second-order valence-corrected chi connectivity index (χ2v) is 5.22. The Kier molecular flexibility index (Phi) is 4.35. The van der Waals surface area contributed by atoms with E-state index < -0.39 is 0 Å². The number of hydrogen-bond acceptors (Lipinski definition) is 3. The first-order chi connectivity index (χ1) is 7.43. The molecular weight excluding hydrogens is 202 g/mol. The van der Waals surface area contributed by atoms with E-state index in [1.54, 1.807) is 7.11 Å². The molecule has 1 rings (SSSR count). The molecule has 0 saturated carbocycles. The predicted molar refractivity (Wildman–Crippen MR) is 66.6 cm³/mol. The average Bonchev–Trinajstić information content (AvgIpc) is 2.61. The van der Waals surface area contributed by atoms with Crippen LogP contribution < -0.4 is 5.32 Å². The number of hydrogen-bond donors (Lipinski definition) is 1. The number of anilines is 1. The molecule has 0 aliphatic rings. The number of methoxy groups -OCH3 is 1. The van der Waals surface area contributed by atoms with Gasteiger partial charge in [0, 0.05) is 19.3 Å². The van der Waals surface area contributed by atoms with Crippen molar-refractivity contribution in [2.45, 2.75) is 40.3 Å². The van der Waals surface area contributed by atoms with Gasteiger partial charge in [0.1, 0.15) is 0 Å². The van der Waals surface area contributed by atoms with Gasteiger partial charge in [-0.2, -0.15) is 5.10 Å². The molecule has 0 aromatic carbocycles. The van der Waals surface area contributed by atoms with Crippen LogP contribution >= 0.6 is 0 Å². The lowest BCUT2D eigenvalue weighted by molar-refractivity contribution is 0.183. The van der Waals surface area contributed by atoms with Crippen LogP contribution in [0, 0.1) is 5.41 Å². The summed E-state index contributed by atoms with van der Waals surface area (Å²) in [6, 6.07) is 0.410. The van der Waals surface area contributed by atoms with Crippen molar-refractivity contribution in [2.24, 2.45) is 5.41 Å². The summed E-state index contributed by atoms with van der Waals surface area (Å²) in [5, 5.41) is 7.72. The molecule has 1 aromatic heterocycles. The molecule has 1 heterocycles. The van der Waals surface area contributed by atoms with Gasteiger partial charge in [-0.05, 0) is 12.3 Å². The molecule has 1 atom stereocenters. The van der Waals surface area contributed by atoms with E-state index in [9.17, 15) is 0 Å². The Morgan fingerprint density at radius 1 is 1.50 bits per heavy atom. The molecule has 0 amide bonds. The summed E-state index contributed by atoms with van der Waals surface area (Å²) < 4.78 is 6.90. The molecule has 0 radical (unpaired) electrons. The number of nitrogens with zero attached hydrogens (tertiary/aromatic N) is 2. The van der Waals surface area contributed by atoms with Crippen molar-refractivity contribution >= 4 is 5.69 Å². The molecule has 1 unspecified atom stereocenters. The zero-order valence-corrected chi connectivity index (χ0v) is 10.9. The van der Waals surface area contributed by atoms with Crippen LogP contribution in [0.3, 0.4) is 0 Å². The maximum atomic E-state index is 5.01. The van der Waals surface area contributed by atoms with Crippen LogP contribution in [-0.4, -0.2) is 29.5 Å². The summed E-state index contributed by atoms with van der Waals surface area (Å²) >= 11 is 0. The van der Waals surface area contributed by atoms with Crippen LogP contribution in [0.15, 0.2) is 12.4 Å². The van der Waals surface area contributed by atoms with Crippen molar-refractivity contribution < 1.29 is 4.74 Å². The van der Waals surface area contributed by atoms with Gasteiger partial charge in [-0.1, -0.05) is 20.8 Å². The molecule has 1 aromatic rings. The minimum absolute atomic E-state index is 0.245. The Labute approximate surface area is 98.0 Å². The summed E-state index contributed by atoms with van der Waals surface area (Å²) in [4.78, 5) is 0. The van der Waals surface area contributed by atoms with E-state index in [1.165, 1.54) is 0 Å². The van der Waals surface area contributed by atoms with Crippen molar-refractivity contribution in [3.8, 4) is 0 Å². The highest BCUT2D eigenvalue weighted by Crippen LogP contribution is 2.22. The molecule has 16 heavy (non-hydrogen) atoms. The monoisotopic (exact) mass is 225 g/mol. The Morgan fingerprint density at radius 2 is 2.19 bits per heavy atom. The molecule has 0 fully saturated rings. The molecule has 1 N–H and O–H groups in total. The van der Waals surface area contributed by atoms with Gasteiger partial charge in [0.25, 0.3) is 0 Å². The van der Waals surface area contributed by atoms with Crippen molar-refractivity contribution in [1.82, 2.24) is 9.78 Å². The Bertz CT molecular complexity index is 314. The number of ether oxygens (including phenoxy) is 1. The number of nitrogens with one attached hydrogen (secondary N) is 1. The van der Waals surface area contributed by atoms with Crippen LogP contribution in [0.4, 0.5) is 5.69 Å². The molecular formula is C12H23N3O. The zero-order valence-electron chi connectivity index (χ0n) is 10.9. The smallest absolute Gasteiger partial charge is 0.0728 e. The maximum absolute atomic E-state index is 5.01. The van der Waals surface area contributed by atoms with Gasteiger partial charge in [-0.3, -0.25) is 4.68 Å². The summed E-state index contributed by atoms with van der Waals surface area (Å²) in [6.45, 7) is 10.3. The standard InChI is InChI=1S/C12H23N3O/c1-10(12(2,3)4)14-11-8-13-15(9-11)6-7-16-5/h8-10,14H,6-7H2,1-5H3. The van der Waals surface area contributed by atoms with Gasteiger partial charge in [0.05, 0.1) is 25.0 Å². The molecule has 0 aliphatic heterocycles. The number of aromatic nitrogens is 2. The maximum Gasteiger partial charge on any atom is 0.0728 e. The highest BCUT2D eigenvalue weighted by molar-refractivity contribution is 5.39. The van der Waals surface area contributed by atoms with E-state index in [0.717, 1.165) is 12.2 Å². The molecule has 0 spiro atoms. The van der Waals surface area contributed by atoms with Crippen LogP contribution in [0.5, 0.6) is 0 Å². The summed E-state index contributed by atoms with van der Waals surface area (Å²) in [5.74, 6) is 0. The predicted octanol–water partition coefficient (Wildman–Crippen LogP) is 2.38. The average molecular weight is 225 g/mol. The van der Waals surface area contributed by atoms with Crippen molar-refractivity contribution in [2.75, 3.05) is 19.0 Å². The fourth-order valence-corrected chi connectivity index (χ4v) is 1.21. The SMILES string of the molecule is COCCn1cc(NC(C)C(C)(C)C)cn1. The van der Waals surface area contributed by atoms with E-state index >= 15 is 0 Å². The van der Waals surface area contributed by atoms with Crippen LogP contribution in [-0.2, 0) is 11.3 Å². The molecule has 0 saturated heterocycles. The van der Waals surface area contributed by atoms with E-state index in [2.05, 4.69) is 38.1 Å². The fraction of sp³-hybridized carbons (Fsp3) is 0.750. The quantitative estimate of drug-likeness (QED) is 0.836. The first-order valence-electron chi connectivity index (χ1n) is 5.71. The van der Waals surface area contributed by atoms with E-state index in [0.29, 0.717) is 12.6 Å². The normalized spacial score (nSPS) is 13.8. The largest absolute Gasteiger partial charge is 0.383 e. The van der Waals surface area contributed by atoms with Gasteiger partial charge in [0.15, 0.2) is 0 Å². The molecule has 4 nitrogen and oxygen atoms in total. The van der Waals surface area contributed by atoms with Gasteiger partial charge in [-0.15, -0.1) is 0 Å². The summed E-state index contributed by atoms with van der Waals surface area (Å²) in [7, 11) is 1.70. The second-order valence-electron chi connectivity index (χ2n) is 5.22. The Morgan fingerprint density at radius 3 is 2.75 bits per heavy atom. The van der Waals surface area contributed by atoms with Crippen molar-refractivity contribution in [3.05, 3.63) is 12.4 Å². The third kappa shape index (κ3) is 3.85. The van der Waals surface area contributed by atoms with Gasteiger partial charge in [0.2, 0.25) is 0 Å². The van der Waals surface area contributed by atoms with Crippen LogP contribution in [0.25, 0.3) is 0 Å². The molecule has 4 heteroatoms. The third-order valence-electron chi connectivity index (χ3n) is 2.84. The lowest BCUT2D eigenvalue weighted by Crippen LogP contribution is -2.30. The first-order valence-corrected chi connectivity index (χ1v) is 5.71. The van der Waals surface area contributed by atoms with E-state index in [1.807, 2.05) is 17.1 Å². The molecule has 92 valence electrons. The van der Waals surface area contributed by atoms with Gasteiger partial charge >= 0.3 is 0 Å². The van der Waals surface area contributed by atoms with E-state index in [4.69, 9.17) is 4.74 Å². The molecule has 0 bridgehead atoms. The zero-order chi connectivity index (χ0) is 12.2.